The maximum absolute atomic E-state index is 12.4. The van der Waals surface area contributed by atoms with E-state index in [1.54, 1.807) is 4.90 Å². The van der Waals surface area contributed by atoms with Gasteiger partial charge in [-0.05, 0) is 25.3 Å². The summed E-state index contributed by atoms with van der Waals surface area (Å²) in [5, 5.41) is 7.05. The number of carbonyl (C=O) groups excluding carboxylic acids is 1. The third-order valence-electron chi connectivity index (χ3n) is 4.29. The fourth-order valence-electron chi connectivity index (χ4n) is 3.19. The Bertz CT molecular complexity index is 528. The molecule has 0 unspecified atom stereocenters. The Kier molecular flexibility index (Phi) is 5.33. The van der Waals surface area contributed by atoms with E-state index in [0.717, 1.165) is 17.0 Å². The van der Waals surface area contributed by atoms with Crippen LogP contribution in [0.15, 0.2) is 0 Å². The van der Waals surface area contributed by atoms with Gasteiger partial charge in [0.25, 0.3) is 0 Å². The van der Waals surface area contributed by atoms with E-state index in [9.17, 15) is 18.0 Å². The number of hydrogen-bond donors (Lipinski definition) is 1. The molecule has 0 bridgehead atoms. The lowest BCUT2D eigenvalue weighted by Crippen LogP contribution is -2.51. The van der Waals surface area contributed by atoms with Crippen LogP contribution in [0.3, 0.4) is 0 Å². The number of amides is 1. The van der Waals surface area contributed by atoms with Gasteiger partial charge in [0.15, 0.2) is 0 Å². The Labute approximate surface area is 133 Å². The summed E-state index contributed by atoms with van der Waals surface area (Å²) in [6.45, 7) is 6.13. The molecular formula is C15H23F3N4O. The molecule has 0 aromatic carbocycles. The van der Waals surface area contributed by atoms with Crippen LogP contribution in [0.5, 0.6) is 0 Å². The van der Waals surface area contributed by atoms with Crippen LogP contribution >= 0.6 is 0 Å². The molecule has 23 heavy (non-hydrogen) atoms. The molecule has 0 spiro atoms. The van der Waals surface area contributed by atoms with Crippen molar-refractivity contribution in [3.63, 3.8) is 0 Å². The van der Waals surface area contributed by atoms with Crippen molar-refractivity contribution >= 4 is 5.91 Å². The number of rotatable bonds is 4. The maximum Gasteiger partial charge on any atom is 0.401 e. The highest BCUT2D eigenvalue weighted by atomic mass is 19.4. The average molecular weight is 332 g/mol. The van der Waals surface area contributed by atoms with Gasteiger partial charge in [-0.25, -0.2) is 0 Å². The molecule has 1 N–H and O–H groups in total. The number of aryl methyl sites for hydroxylation is 2. The number of aromatic nitrogens is 2. The highest BCUT2D eigenvalue weighted by molar-refractivity contribution is 5.77. The molecule has 0 saturated carbocycles. The molecule has 1 atom stereocenters. The second-order valence-electron chi connectivity index (χ2n) is 6.22. The first-order valence-electron chi connectivity index (χ1n) is 7.75. The molecular weight excluding hydrogens is 309 g/mol. The van der Waals surface area contributed by atoms with Crippen LogP contribution in [0, 0.1) is 13.8 Å². The number of aromatic amines is 1. The number of H-pyrrole nitrogens is 1. The smallest absolute Gasteiger partial charge is 0.340 e. The van der Waals surface area contributed by atoms with Crippen LogP contribution in [-0.4, -0.2) is 64.8 Å². The molecule has 0 radical (unpaired) electrons. The number of carbonyl (C=O) groups is 1. The van der Waals surface area contributed by atoms with Crippen LogP contribution in [0.2, 0.25) is 0 Å². The molecule has 1 amide bonds. The van der Waals surface area contributed by atoms with Crippen molar-refractivity contribution < 1.29 is 18.0 Å². The lowest BCUT2D eigenvalue weighted by atomic mass is 9.95. The Morgan fingerprint density at radius 3 is 2.35 bits per heavy atom. The van der Waals surface area contributed by atoms with Crippen molar-refractivity contribution in [1.29, 1.82) is 0 Å². The Hall–Kier alpha value is -1.57. The highest BCUT2D eigenvalue weighted by Crippen LogP contribution is 2.25. The SMILES string of the molecule is Cc1n[nH]c(C)c1[C@H](C)CC(=O)N1CCN(CC(F)(F)F)CC1. The van der Waals surface area contributed by atoms with Gasteiger partial charge >= 0.3 is 6.18 Å². The molecule has 1 aliphatic heterocycles. The molecule has 8 heteroatoms. The number of nitrogens with zero attached hydrogens (tertiary/aromatic N) is 3. The monoisotopic (exact) mass is 332 g/mol. The quantitative estimate of drug-likeness (QED) is 0.920. The second-order valence-corrected chi connectivity index (χ2v) is 6.22. The maximum atomic E-state index is 12.4. The van der Waals surface area contributed by atoms with Gasteiger partial charge in [-0.2, -0.15) is 18.3 Å². The van der Waals surface area contributed by atoms with E-state index in [2.05, 4.69) is 10.2 Å². The molecule has 1 aliphatic rings. The van der Waals surface area contributed by atoms with E-state index in [0.29, 0.717) is 19.5 Å². The van der Waals surface area contributed by atoms with Crippen molar-refractivity contribution in [1.82, 2.24) is 20.0 Å². The molecule has 130 valence electrons. The molecule has 1 fully saturated rings. The van der Waals surface area contributed by atoms with Crippen LogP contribution < -0.4 is 0 Å². The van der Waals surface area contributed by atoms with Gasteiger partial charge in [0.1, 0.15) is 0 Å². The van der Waals surface area contributed by atoms with E-state index in [-0.39, 0.29) is 24.9 Å². The van der Waals surface area contributed by atoms with E-state index in [1.165, 1.54) is 4.90 Å². The van der Waals surface area contributed by atoms with Crippen LogP contribution in [0.25, 0.3) is 0 Å². The Morgan fingerprint density at radius 1 is 1.26 bits per heavy atom. The summed E-state index contributed by atoms with van der Waals surface area (Å²) < 4.78 is 37.1. The fourth-order valence-corrected chi connectivity index (χ4v) is 3.19. The largest absolute Gasteiger partial charge is 0.401 e. The first-order valence-corrected chi connectivity index (χ1v) is 7.75. The first kappa shape index (κ1) is 17.8. The van der Waals surface area contributed by atoms with E-state index >= 15 is 0 Å². The minimum atomic E-state index is -4.18. The van der Waals surface area contributed by atoms with E-state index in [1.807, 2.05) is 20.8 Å². The third-order valence-corrected chi connectivity index (χ3v) is 4.29. The third kappa shape index (κ3) is 4.70. The number of halogens is 3. The summed E-state index contributed by atoms with van der Waals surface area (Å²) in [4.78, 5) is 15.4. The summed E-state index contributed by atoms with van der Waals surface area (Å²) >= 11 is 0. The highest BCUT2D eigenvalue weighted by Gasteiger charge is 2.33. The van der Waals surface area contributed by atoms with Crippen LogP contribution in [0.4, 0.5) is 13.2 Å². The van der Waals surface area contributed by atoms with Gasteiger partial charge in [-0.15, -0.1) is 0 Å². The first-order chi connectivity index (χ1) is 10.7. The topological polar surface area (TPSA) is 52.2 Å². The van der Waals surface area contributed by atoms with Gasteiger partial charge in [0, 0.05) is 38.3 Å². The average Bonchev–Trinajstić information content (AvgIpc) is 2.77. The summed E-state index contributed by atoms with van der Waals surface area (Å²) in [5.41, 5.74) is 2.89. The van der Waals surface area contributed by atoms with Crippen molar-refractivity contribution in [2.45, 2.75) is 39.3 Å². The standard InChI is InChI=1S/C15H23F3N4O/c1-10(14-11(2)19-20-12(14)3)8-13(23)22-6-4-21(5-7-22)9-15(16,17)18/h10H,4-9H2,1-3H3,(H,19,20)/t10-/m1/s1. The lowest BCUT2D eigenvalue weighted by molar-refractivity contribution is -0.151. The van der Waals surface area contributed by atoms with Crippen LogP contribution in [0.1, 0.15) is 36.2 Å². The predicted octanol–water partition coefficient (Wildman–Crippen LogP) is 2.23. The lowest BCUT2D eigenvalue weighted by Gasteiger charge is -2.35. The second kappa shape index (κ2) is 6.90. The van der Waals surface area contributed by atoms with Gasteiger partial charge < -0.3 is 4.90 Å². The normalized spacial score (nSPS) is 18.3. The zero-order valence-corrected chi connectivity index (χ0v) is 13.7. The van der Waals surface area contributed by atoms with E-state index < -0.39 is 12.7 Å². The summed E-state index contributed by atoms with van der Waals surface area (Å²) in [5.74, 6) is 0.0265. The van der Waals surface area contributed by atoms with Gasteiger partial charge in [-0.1, -0.05) is 6.92 Å². The zero-order valence-electron chi connectivity index (χ0n) is 13.7. The number of nitrogens with one attached hydrogen (secondary N) is 1. The van der Waals surface area contributed by atoms with Crippen molar-refractivity contribution in [3.05, 3.63) is 17.0 Å². The molecule has 2 rings (SSSR count). The van der Waals surface area contributed by atoms with Crippen molar-refractivity contribution in [3.8, 4) is 0 Å². The minimum Gasteiger partial charge on any atom is -0.340 e. The molecule has 5 nitrogen and oxygen atoms in total. The van der Waals surface area contributed by atoms with Gasteiger partial charge in [-0.3, -0.25) is 14.8 Å². The van der Waals surface area contributed by atoms with Gasteiger partial charge in [0.2, 0.25) is 5.91 Å². The molecule has 2 heterocycles. The molecule has 1 saturated heterocycles. The van der Waals surface area contributed by atoms with E-state index in [4.69, 9.17) is 0 Å². The fraction of sp³-hybridized carbons (Fsp3) is 0.733. The van der Waals surface area contributed by atoms with Crippen molar-refractivity contribution in [2.75, 3.05) is 32.7 Å². The van der Waals surface area contributed by atoms with Crippen molar-refractivity contribution in [2.24, 2.45) is 0 Å². The number of piperazine rings is 1. The summed E-state index contributed by atoms with van der Waals surface area (Å²) in [6.07, 6.45) is -3.84. The molecule has 0 aliphatic carbocycles. The zero-order chi connectivity index (χ0) is 17.2. The molecule has 1 aromatic rings. The molecule has 1 aromatic heterocycles. The summed E-state index contributed by atoms with van der Waals surface area (Å²) in [7, 11) is 0. The number of hydrogen-bond acceptors (Lipinski definition) is 3. The van der Waals surface area contributed by atoms with Gasteiger partial charge in [0.05, 0.1) is 12.2 Å². The van der Waals surface area contributed by atoms with Crippen LogP contribution in [-0.2, 0) is 4.79 Å². The Morgan fingerprint density at radius 2 is 1.87 bits per heavy atom. The summed E-state index contributed by atoms with van der Waals surface area (Å²) in [6, 6.07) is 0. The number of alkyl halides is 3. The predicted molar refractivity (Wildman–Crippen MR) is 80.2 cm³/mol. The minimum absolute atomic E-state index is 0.0100. The Balaban J connectivity index is 1.86.